The van der Waals surface area contributed by atoms with Crippen molar-refractivity contribution in [2.24, 2.45) is 0 Å². The average Bonchev–Trinajstić information content (AvgIpc) is 2.15. The molecule has 0 amide bonds. The summed E-state index contributed by atoms with van der Waals surface area (Å²) in [4.78, 5) is 1.33. The number of methoxy groups -OCH3 is 1. The van der Waals surface area contributed by atoms with Gasteiger partial charge in [-0.25, -0.2) is 0 Å². The summed E-state index contributed by atoms with van der Waals surface area (Å²) in [6.45, 7) is 8.76. The first-order valence-electron chi connectivity index (χ1n) is 5.13. The molecule has 0 atom stereocenters. The van der Waals surface area contributed by atoms with Gasteiger partial charge in [-0.05, 0) is 36.3 Å². The van der Waals surface area contributed by atoms with Crippen LogP contribution in [0.4, 0.5) is 0 Å². The van der Waals surface area contributed by atoms with Gasteiger partial charge in [0.1, 0.15) is 5.75 Å². The first kappa shape index (κ1) is 12.4. The van der Waals surface area contributed by atoms with Gasteiger partial charge in [-0.2, -0.15) is 0 Å². The lowest BCUT2D eigenvalue weighted by molar-refractivity contribution is 0.396. The second-order valence-electron chi connectivity index (χ2n) is 4.77. The summed E-state index contributed by atoms with van der Waals surface area (Å²) in [5.41, 5.74) is 2.69. The van der Waals surface area contributed by atoms with Gasteiger partial charge in [0.25, 0.3) is 0 Å². The zero-order chi connectivity index (χ0) is 11.6. The van der Waals surface area contributed by atoms with Crippen LogP contribution in [0.3, 0.4) is 0 Å². The largest absolute Gasteiger partial charge is 0.496 e. The van der Waals surface area contributed by atoms with Crippen molar-refractivity contribution in [1.82, 2.24) is 0 Å². The number of rotatable bonds is 2. The zero-order valence-electron chi connectivity index (χ0n) is 10.5. The minimum Gasteiger partial charge on any atom is -0.496 e. The molecule has 0 aromatic heterocycles. The minimum atomic E-state index is 0.128. The van der Waals surface area contributed by atoms with E-state index in [1.165, 1.54) is 16.0 Å². The number of hydrogen-bond donors (Lipinski definition) is 0. The summed E-state index contributed by atoms with van der Waals surface area (Å²) >= 11 is 1.79. The van der Waals surface area contributed by atoms with E-state index in [1.807, 2.05) is 0 Å². The van der Waals surface area contributed by atoms with Crippen molar-refractivity contribution in [3.8, 4) is 5.75 Å². The van der Waals surface area contributed by atoms with Crippen molar-refractivity contribution in [1.29, 1.82) is 0 Å². The second-order valence-corrected chi connectivity index (χ2v) is 5.62. The quantitative estimate of drug-likeness (QED) is 0.702. The second kappa shape index (κ2) is 4.48. The van der Waals surface area contributed by atoms with Crippen molar-refractivity contribution in [2.45, 2.75) is 38.0 Å². The molecule has 0 heterocycles. The standard InChI is InChI=1S/C13H20OS/c1-9-7-11(14-5)10(13(2,3)4)8-12(9)15-6/h7-8H,1-6H3. The molecule has 0 N–H and O–H groups in total. The van der Waals surface area contributed by atoms with Crippen LogP contribution in [0.25, 0.3) is 0 Å². The molecule has 0 aliphatic rings. The van der Waals surface area contributed by atoms with Crippen LogP contribution in [-0.2, 0) is 5.41 Å². The van der Waals surface area contributed by atoms with Crippen molar-refractivity contribution < 1.29 is 4.74 Å². The van der Waals surface area contributed by atoms with Gasteiger partial charge in [0.2, 0.25) is 0 Å². The molecule has 0 radical (unpaired) electrons. The van der Waals surface area contributed by atoms with E-state index in [4.69, 9.17) is 4.74 Å². The molecule has 0 saturated heterocycles. The fourth-order valence-electron chi connectivity index (χ4n) is 1.64. The van der Waals surface area contributed by atoms with E-state index in [-0.39, 0.29) is 5.41 Å². The summed E-state index contributed by atoms with van der Waals surface area (Å²) in [5, 5.41) is 0. The van der Waals surface area contributed by atoms with Gasteiger partial charge in [0.15, 0.2) is 0 Å². The first-order chi connectivity index (χ1) is 6.90. The summed E-state index contributed by atoms with van der Waals surface area (Å²) in [7, 11) is 1.74. The maximum absolute atomic E-state index is 5.44. The van der Waals surface area contributed by atoms with Crippen molar-refractivity contribution in [3.05, 3.63) is 23.3 Å². The predicted molar refractivity (Wildman–Crippen MR) is 68.2 cm³/mol. The van der Waals surface area contributed by atoms with E-state index in [0.717, 1.165) is 5.75 Å². The first-order valence-corrected chi connectivity index (χ1v) is 6.35. The normalized spacial score (nSPS) is 11.6. The van der Waals surface area contributed by atoms with Crippen molar-refractivity contribution in [3.63, 3.8) is 0 Å². The molecule has 0 spiro atoms. The number of benzene rings is 1. The summed E-state index contributed by atoms with van der Waals surface area (Å²) in [6.07, 6.45) is 2.11. The van der Waals surface area contributed by atoms with Gasteiger partial charge in [-0.3, -0.25) is 0 Å². The molecule has 0 aliphatic carbocycles. The van der Waals surface area contributed by atoms with Crippen LogP contribution in [0.1, 0.15) is 31.9 Å². The molecule has 0 unspecified atom stereocenters. The number of aryl methyl sites for hydroxylation is 1. The minimum absolute atomic E-state index is 0.128. The topological polar surface area (TPSA) is 9.23 Å². The van der Waals surface area contributed by atoms with Crippen molar-refractivity contribution >= 4 is 11.8 Å². The Labute approximate surface area is 97.2 Å². The molecule has 84 valence electrons. The lowest BCUT2D eigenvalue weighted by Crippen LogP contribution is -2.13. The van der Waals surface area contributed by atoms with Crippen LogP contribution < -0.4 is 4.74 Å². The molecule has 0 aliphatic heterocycles. The Hall–Kier alpha value is -0.630. The molecule has 1 nitrogen and oxygen atoms in total. The summed E-state index contributed by atoms with van der Waals surface area (Å²) in [6, 6.07) is 4.38. The maximum atomic E-state index is 5.44. The number of hydrogen-bond acceptors (Lipinski definition) is 2. The Bertz CT molecular complexity index is 350. The zero-order valence-corrected chi connectivity index (χ0v) is 11.3. The van der Waals surface area contributed by atoms with Gasteiger partial charge in [0, 0.05) is 10.5 Å². The fourth-order valence-corrected chi connectivity index (χ4v) is 2.25. The van der Waals surface area contributed by atoms with Crippen LogP contribution in [0, 0.1) is 6.92 Å². The molecule has 0 fully saturated rings. The Balaban J connectivity index is 3.36. The van der Waals surface area contributed by atoms with E-state index in [2.05, 4.69) is 46.1 Å². The van der Waals surface area contributed by atoms with Crippen LogP contribution in [0.15, 0.2) is 17.0 Å². The Morgan fingerprint density at radius 1 is 1.20 bits per heavy atom. The van der Waals surface area contributed by atoms with E-state index < -0.39 is 0 Å². The van der Waals surface area contributed by atoms with Crippen LogP contribution in [-0.4, -0.2) is 13.4 Å². The van der Waals surface area contributed by atoms with Crippen LogP contribution >= 0.6 is 11.8 Å². The van der Waals surface area contributed by atoms with Gasteiger partial charge < -0.3 is 4.74 Å². The third-order valence-corrected chi connectivity index (χ3v) is 3.40. The summed E-state index contributed by atoms with van der Waals surface area (Å²) < 4.78 is 5.44. The Kier molecular flexibility index (Phi) is 3.72. The lowest BCUT2D eigenvalue weighted by Gasteiger charge is -2.23. The maximum Gasteiger partial charge on any atom is 0.122 e. The van der Waals surface area contributed by atoms with E-state index >= 15 is 0 Å². The van der Waals surface area contributed by atoms with Crippen LogP contribution in [0.2, 0.25) is 0 Å². The molecular weight excluding hydrogens is 204 g/mol. The molecule has 0 bridgehead atoms. The van der Waals surface area contributed by atoms with Gasteiger partial charge in [-0.15, -0.1) is 11.8 Å². The van der Waals surface area contributed by atoms with E-state index in [9.17, 15) is 0 Å². The van der Waals surface area contributed by atoms with Crippen LogP contribution in [0.5, 0.6) is 5.75 Å². The van der Waals surface area contributed by atoms with Gasteiger partial charge in [0.05, 0.1) is 7.11 Å². The molecule has 2 heteroatoms. The third kappa shape index (κ3) is 2.69. The summed E-state index contributed by atoms with van der Waals surface area (Å²) in [5.74, 6) is 0.998. The highest BCUT2D eigenvalue weighted by Crippen LogP contribution is 2.36. The Morgan fingerprint density at radius 2 is 1.80 bits per heavy atom. The van der Waals surface area contributed by atoms with Gasteiger partial charge >= 0.3 is 0 Å². The SMILES string of the molecule is COc1cc(C)c(SC)cc1C(C)(C)C. The van der Waals surface area contributed by atoms with Gasteiger partial charge in [-0.1, -0.05) is 20.8 Å². The monoisotopic (exact) mass is 224 g/mol. The number of ether oxygens (including phenoxy) is 1. The smallest absolute Gasteiger partial charge is 0.122 e. The fraction of sp³-hybridized carbons (Fsp3) is 0.538. The average molecular weight is 224 g/mol. The van der Waals surface area contributed by atoms with E-state index in [1.54, 1.807) is 18.9 Å². The highest BCUT2D eigenvalue weighted by atomic mass is 32.2. The molecule has 0 saturated carbocycles. The molecule has 15 heavy (non-hydrogen) atoms. The van der Waals surface area contributed by atoms with Crippen molar-refractivity contribution in [2.75, 3.05) is 13.4 Å². The molecule has 1 rings (SSSR count). The third-order valence-electron chi connectivity index (χ3n) is 2.52. The lowest BCUT2D eigenvalue weighted by atomic mass is 9.86. The predicted octanol–water partition coefficient (Wildman–Crippen LogP) is 4.02. The highest BCUT2D eigenvalue weighted by Gasteiger charge is 2.20. The molecular formula is C13H20OS. The van der Waals surface area contributed by atoms with E-state index in [0.29, 0.717) is 0 Å². The Morgan fingerprint density at radius 3 is 2.20 bits per heavy atom. The molecule has 1 aromatic carbocycles. The highest BCUT2D eigenvalue weighted by molar-refractivity contribution is 7.98. The molecule has 1 aromatic rings. The number of thioether (sulfide) groups is 1.